The van der Waals surface area contributed by atoms with E-state index in [-0.39, 0.29) is 18.6 Å². The number of likely N-dealkylation sites (tertiary alicyclic amines) is 1. The summed E-state index contributed by atoms with van der Waals surface area (Å²) in [7, 11) is 0. The Balaban J connectivity index is 1.47. The Hall–Kier alpha value is -3.40. The summed E-state index contributed by atoms with van der Waals surface area (Å²) in [5, 5.41) is 17.3. The molecule has 1 aliphatic heterocycles. The third-order valence-corrected chi connectivity index (χ3v) is 4.56. The number of hydrogen-bond acceptors (Lipinski definition) is 5. The average Bonchev–Trinajstić information content (AvgIpc) is 3.33. The van der Waals surface area contributed by atoms with Gasteiger partial charge >= 0.3 is 0 Å². The molecule has 0 radical (unpaired) electrons. The number of amides is 1. The Morgan fingerprint density at radius 1 is 1.23 bits per heavy atom. The highest BCUT2D eigenvalue weighted by Gasteiger charge is 2.33. The molecule has 0 saturated carbocycles. The fourth-order valence-corrected chi connectivity index (χ4v) is 3.27. The molecule has 2 aromatic heterocycles. The Labute approximate surface area is 150 Å². The van der Waals surface area contributed by atoms with Crippen LogP contribution in [0.2, 0.25) is 0 Å². The summed E-state index contributed by atoms with van der Waals surface area (Å²) in [6, 6.07) is 14.4. The van der Waals surface area contributed by atoms with Gasteiger partial charge in [0, 0.05) is 12.7 Å². The SMILES string of the molecule is N#Cc1ccc(OCC(=O)N2CCC[C@H]2c2nnc3ccccn23)cc1. The summed E-state index contributed by atoms with van der Waals surface area (Å²) in [4.78, 5) is 14.5. The molecule has 3 aromatic rings. The van der Waals surface area contributed by atoms with Gasteiger partial charge in [0.1, 0.15) is 5.75 Å². The molecule has 1 aromatic carbocycles. The van der Waals surface area contributed by atoms with Crippen LogP contribution in [0.4, 0.5) is 0 Å². The quantitative estimate of drug-likeness (QED) is 0.723. The van der Waals surface area contributed by atoms with Gasteiger partial charge in [-0.2, -0.15) is 5.26 Å². The number of nitriles is 1. The van der Waals surface area contributed by atoms with Crippen molar-refractivity contribution in [3.05, 3.63) is 60.0 Å². The smallest absolute Gasteiger partial charge is 0.261 e. The molecule has 1 atom stereocenters. The number of benzene rings is 1. The third kappa shape index (κ3) is 2.97. The first-order chi connectivity index (χ1) is 12.8. The highest BCUT2D eigenvalue weighted by Crippen LogP contribution is 2.31. The van der Waals surface area contributed by atoms with E-state index in [1.54, 1.807) is 24.3 Å². The number of fused-ring (bicyclic) bond motifs is 1. The van der Waals surface area contributed by atoms with E-state index in [0.29, 0.717) is 17.9 Å². The summed E-state index contributed by atoms with van der Waals surface area (Å²) < 4.78 is 7.52. The van der Waals surface area contributed by atoms with Gasteiger partial charge in [-0.15, -0.1) is 10.2 Å². The Morgan fingerprint density at radius 3 is 2.88 bits per heavy atom. The lowest BCUT2D eigenvalue weighted by Gasteiger charge is -2.23. The van der Waals surface area contributed by atoms with Crippen molar-refractivity contribution >= 4 is 11.6 Å². The van der Waals surface area contributed by atoms with E-state index in [1.807, 2.05) is 33.7 Å². The van der Waals surface area contributed by atoms with Crippen molar-refractivity contribution in [2.75, 3.05) is 13.2 Å². The highest BCUT2D eigenvalue weighted by molar-refractivity contribution is 5.78. The van der Waals surface area contributed by atoms with Crippen LogP contribution in [0.15, 0.2) is 48.7 Å². The van der Waals surface area contributed by atoms with Crippen LogP contribution in [0.5, 0.6) is 5.75 Å². The predicted molar refractivity (Wildman–Crippen MR) is 93.3 cm³/mol. The van der Waals surface area contributed by atoms with Crippen LogP contribution < -0.4 is 4.74 Å². The average molecular weight is 347 g/mol. The Bertz CT molecular complexity index is 974. The number of aromatic nitrogens is 3. The topological polar surface area (TPSA) is 83.5 Å². The predicted octanol–water partition coefficient (Wildman–Crippen LogP) is 2.34. The molecule has 3 heterocycles. The van der Waals surface area contributed by atoms with Crippen LogP contribution in [0.3, 0.4) is 0 Å². The molecule has 0 spiro atoms. The lowest BCUT2D eigenvalue weighted by Crippen LogP contribution is -2.35. The number of ether oxygens (including phenoxy) is 1. The van der Waals surface area contributed by atoms with Crippen molar-refractivity contribution < 1.29 is 9.53 Å². The van der Waals surface area contributed by atoms with Crippen LogP contribution in [0.25, 0.3) is 5.65 Å². The first-order valence-corrected chi connectivity index (χ1v) is 8.48. The lowest BCUT2D eigenvalue weighted by molar-refractivity contribution is -0.134. The minimum Gasteiger partial charge on any atom is -0.484 e. The van der Waals surface area contributed by atoms with E-state index in [9.17, 15) is 4.79 Å². The maximum atomic E-state index is 12.7. The van der Waals surface area contributed by atoms with Crippen LogP contribution in [-0.4, -0.2) is 38.6 Å². The zero-order valence-corrected chi connectivity index (χ0v) is 14.1. The molecule has 1 saturated heterocycles. The van der Waals surface area contributed by atoms with Crippen molar-refractivity contribution in [2.45, 2.75) is 18.9 Å². The molecule has 1 amide bonds. The van der Waals surface area contributed by atoms with Gasteiger partial charge in [-0.3, -0.25) is 9.20 Å². The van der Waals surface area contributed by atoms with Crippen molar-refractivity contribution in [1.82, 2.24) is 19.5 Å². The van der Waals surface area contributed by atoms with Gasteiger partial charge in [0.2, 0.25) is 0 Å². The second kappa shape index (κ2) is 6.84. The van der Waals surface area contributed by atoms with Crippen LogP contribution in [-0.2, 0) is 4.79 Å². The van der Waals surface area contributed by atoms with Crippen molar-refractivity contribution in [2.24, 2.45) is 0 Å². The van der Waals surface area contributed by atoms with Gasteiger partial charge in [0.15, 0.2) is 18.1 Å². The number of hydrogen-bond donors (Lipinski definition) is 0. The first-order valence-electron chi connectivity index (χ1n) is 8.48. The van der Waals surface area contributed by atoms with E-state index in [0.717, 1.165) is 24.3 Å². The molecule has 26 heavy (non-hydrogen) atoms. The standard InChI is InChI=1S/C19H17N5O2/c20-12-14-6-8-15(9-7-14)26-13-18(25)23-11-3-4-16(23)19-22-21-17-5-1-2-10-24(17)19/h1-2,5-10,16H,3-4,11,13H2/t16-/m0/s1. The van der Waals surface area contributed by atoms with Crippen LogP contribution in [0.1, 0.15) is 30.3 Å². The fraction of sp³-hybridized carbons (Fsp3) is 0.263. The van der Waals surface area contributed by atoms with Gasteiger partial charge in [0.05, 0.1) is 17.7 Å². The van der Waals surface area contributed by atoms with Gasteiger partial charge in [-0.05, 0) is 49.2 Å². The Morgan fingerprint density at radius 2 is 2.08 bits per heavy atom. The molecule has 130 valence electrons. The van der Waals surface area contributed by atoms with E-state index < -0.39 is 0 Å². The molecule has 1 fully saturated rings. The largest absolute Gasteiger partial charge is 0.484 e. The monoisotopic (exact) mass is 347 g/mol. The molecule has 0 N–H and O–H groups in total. The van der Waals surface area contributed by atoms with Gasteiger partial charge in [-0.25, -0.2) is 0 Å². The summed E-state index contributed by atoms with van der Waals surface area (Å²) in [5.41, 5.74) is 1.33. The summed E-state index contributed by atoms with van der Waals surface area (Å²) in [6.07, 6.45) is 3.70. The van der Waals surface area contributed by atoms with E-state index in [2.05, 4.69) is 16.3 Å². The van der Waals surface area contributed by atoms with Crippen LogP contribution in [0, 0.1) is 11.3 Å². The molecule has 1 aliphatic rings. The maximum Gasteiger partial charge on any atom is 0.261 e. The third-order valence-electron chi connectivity index (χ3n) is 4.56. The number of pyridine rings is 1. The van der Waals surface area contributed by atoms with E-state index >= 15 is 0 Å². The van der Waals surface area contributed by atoms with E-state index in [1.165, 1.54) is 0 Å². The first kappa shape index (κ1) is 16.1. The number of carbonyl (C=O) groups is 1. The number of nitrogens with zero attached hydrogens (tertiary/aromatic N) is 5. The minimum absolute atomic E-state index is 0.0425. The Kier molecular flexibility index (Phi) is 4.23. The molecule has 0 unspecified atom stereocenters. The molecule has 0 bridgehead atoms. The maximum absolute atomic E-state index is 12.7. The summed E-state index contributed by atoms with van der Waals surface area (Å²) in [5.74, 6) is 1.27. The lowest BCUT2D eigenvalue weighted by atomic mass is 10.2. The molecule has 7 heteroatoms. The zero-order chi connectivity index (χ0) is 17.9. The van der Waals surface area contributed by atoms with Crippen molar-refractivity contribution in [3.8, 4) is 11.8 Å². The molecular formula is C19H17N5O2. The van der Waals surface area contributed by atoms with Crippen molar-refractivity contribution in [3.63, 3.8) is 0 Å². The number of carbonyl (C=O) groups excluding carboxylic acids is 1. The fourth-order valence-electron chi connectivity index (χ4n) is 3.27. The highest BCUT2D eigenvalue weighted by atomic mass is 16.5. The summed E-state index contributed by atoms with van der Waals surface area (Å²) >= 11 is 0. The normalized spacial score (nSPS) is 16.6. The summed E-state index contributed by atoms with van der Waals surface area (Å²) in [6.45, 7) is 0.640. The second-order valence-electron chi connectivity index (χ2n) is 6.16. The van der Waals surface area contributed by atoms with Crippen molar-refractivity contribution in [1.29, 1.82) is 5.26 Å². The second-order valence-corrected chi connectivity index (χ2v) is 6.16. The van der Waals surface area contributed by atoms with Gasteiger partial charge in [0.25, 0.3) is 5.91 Å². The van der Waals surface area contributed by atoms with Gasteiger partial charge < -0.3 is 9.64 Å². The molecular weight excluding hydrogens is 330 g/mol. The number of rotatable bonds is 4. The molecule has 4 rings (SSSR count). The van der Waals surface area contributed by atoms with Crippen LogP contribution >= 0.6 is 0 Å². The molecule has 7 nitrogen and oxygen atoms in total. The zero-order valence-electron chi connectivity index (χ0n) is 14.1. The minimum atomic E-state index is -0.0931. The molecule has 0 aliphatic carbocycles. The van der Waals surface area contributed by atoms with Gasteiger partial charge in [-0.1, -0.05) is 6.07 Å². The van der Waals surface area contributed by atoms with E-state index in [4.69, 9.17) is 10.00 Å².